The highest BCUT2D eigenvalue weighted by Crippen LogP contribution is 2.28. The van der Waals surface area contributed by atoms with E-state index in [1.54, 1.807) is 18.2 Å². The van der Waals surface area contributed by atoms with Gasteiger partial charge in [-0.3, -0.25) is 9.59 Å². The largest absolute Gasteiger partial charge is 0.492 e. The molecule has 0 aliphatic carbocycles. The Bertz CT molecular complexity index is 996. The van der Waals surface area contributed by atoms with Gasteiger partial charge in [-0.25, -0.2) is 8.78 Å². The van der Waals surface area contributed by atoms with Crippen molar-refractivity contribution < 1.29 is 23.1 Å². The van der Waals surface area contributed by atoms with Crippen molar-refractivity contribution in [3.8, 4) is 11.8 Å². The smallest absolute Gasteiger partial charge is 0.256 e. The van der Waals surface area contributed by atoms with Gasteiger partial charge in [0, 0.05) is 25.1 Å². The second-order valence-electron chi connectivity index (χ2n) is 6.94. The SMILES string of the molecule is CCOc1ccc(C#N)cc1NC(=O)C1CCN(C(=O)c2ccc(F)cc2F)CC1. The number of nitrogens with zero attached hydrogens (tertiary/aromatic N) is 2. The maximum atomic E-state index is 13.9. The van der Waals surface area contributed by atoms with Crippen LogP contribution in [0.1, 0.15) is 35.7 Å². The molecule has 2 aromatic rings. The number of nitrogens with one attached hydrogen (secondary N) is 1. The Balaban J connectivity index is 1.63. The Kier molecular flexibility index (Phi) is 6.62. The number of carbonyl (C=O) groups is 2. The van der Waals surface area contributed by atoms with Crippen molar-refractivity contribution in [1.82, 2.24) is 4.90 Å². The molecule has 8 heteroatoms. The van der Waals surface area contributed by atoms with Crippen molar-refractivity contribution in [3.63, 3.8) is 0 Å². The Morgan fingerprint density at radius 3 is 2.57 bits per heavy atom. The molecule has 3 rings (SSSR count). The first-order valence-electron chi connectivity index (χ1n) is 9.65. The summed E-state index contributed by atoms with van der Waals surface area (Å²) in [6.45, 7) is 2.80. The van der Waals surface area contributed by atoms with E-state index in [-0.39, 0.29) is 30.5 Å². The van der Waals surface area contributed by atoms with Crippen molar-refractivity contribution in [3.05, 3.63) is 59.2 Å². The number of nitriles is 1. The summed E-state index contributed by atoms with van der Waals surface area (Å²) in [7, 11) is 0. The quantitative estimate of drug-likeness (QED) is 0.810. The zero-order chi connectivity index (χ0) is 21.7. The Morgan fingerprint density at radius 2 is 1.93 bits per heavy atom. The van der Waals surface area contributed by atoms with E-state index in [1.807, 2.05) is 13.0 Å². The van der Waals surface area contributed by atoms with Crippen molar-refractivity contribution in [1.29, 1.82) is 5.26 Å². The number of piperidine rings is 1. The molecule has 156 valence electrons. The first kappa shape index (κ1) is 21.2. The molecular formula is C22H21F2N3O3. The van der Waals surface area contributed by atoms with Crippen LogP contribution in [0.15, 0.2) is 36.4 Å². The lowest BCUT2D eigenvalue weighted by atomic mass is 9.95. The van der Waals surface area contributed by atoms with Crippen molar-refractivity contribution >= 4 is 17.5 Å². The molecule has 0 unspecified atom stereocenters. The summed E-state index contributed by atoms with van der Waals surface area (Å²) in [5.74, 6) is -2.26. The Labute approximate surface area is 173 Å². The molecule has 0 bridgehead atoms. The molecule has 0 radical (unpaired) electrons. The molecule has 0 atom stereocenters. The highest BCUT2D eigenvalue weighted by atomic mass is 19.1. The van der Waals surface area contributed by atoms with Gasteiger partial charge in [-0.15, -0.1) is 0 Å². The fourth-order valence-corrected chi connectivity index (χ4v) is 3.39. The molecule has 1 aliphatic heterocycles. The molecule has 0 spiro atoms. The van der Waals surface area contributed by atoms with Crippen LogP contribution in [0.4, 0.5) is 14.5 Å². The number of halogens is 2. The number of carbonyl (C=O) groups excluding carboxylic acids is 2. The Hall–Kier alpha value is -3.47. The van der Waals surface area contributed by atoms with Crippen molar-refractivity contribution in [2.45, 2.75) is 19.8 Å². The topological polar surface area (TPSA) is 82.4 Å². The standard InChI is InChI=1S/C22H21F2N3O3/c1-2-30-20-6-3-14(13-25)11-19(20)26-21(28)15-7-9-27(10-8-15)22(29)17-5-4-16(23)12-18(17)24/h3-6,11-12,15H,2,7-10H2,1H3,(H,26,28). The van der Waals surface area contributed by atoms with Crippen molar-refractivity contribution in [2.75, 3.05) is 25.0 Å². The van der Waals surface area contributed by atoms with Gasteiger partial charge in [0.1, 0.15) is 17.4 Å². The fraction of sp³-hybridized carbons (Fsp3) is 0.318. The summed E-state index contributed by atoms with van der Waals surface area (Å²) in [4.78, 5) is 26.7. The summed E-state index contributed by atoms with van der Waals surface area (Å²) in [6, 6.07) is 9.68. The van der Waals surface area contributed by atoms with Gasteiger partial charge < -0.3 is 15.0 Å². The monoisotopic (exact) mass is 413 g/mol. The van der Waals surface area contributed by atoms with Crippen LogP contribution in [0.2, 0.25) is 0 Å². The number of anilines is 1. The number of benzene rings is 2. The molecular weight excluding hydrogens is 392 g/mol. The highest BCUT2D eigenvalue weighted by Gasteiger charge is 2.29. The number of likely N-dealkylation sites (tertiary alicyclic amines) is 1. The highest BCUT2D eigenvalue weighted by molar-refractivity contribution is 5.96. The summed E-state index contributed by atoms with van der Waals surface area (Å²) in [6.07, 6.45) is 0.810. The van der Waals surface area contributed by atoms with Gasteiger partial charge in [-0.05, 0) is 50.1 Å². The third kappa shape index (κ3) is 4.74. The van der Waals surface area contributed by atoms with Crippen molar-refractivity contribution in [2.24, 2.45) is 5.92 Å². The zero-order valence-corrected chi connectivity index (χ0v) is 16.5. The number of hydrogen-bond donors (Lipinski definition) is 1. The van der Waals surface area contributed by atoms with Gasteiger partial charge in [0.05, 0.1) is 29.5 Å². The van der Waals surface area contributed by atoms with Crippen LogP contribution in [-0.4, -0.2) is 36.4 Å². The molecule has 2 amide bonds. The molecule has 1 aliphatic rings. The molecule has 1 N–H and O–H groups in total. The minimum Gasteiger partial charge on any atom is -0.492 e. The lowest BCUT2D eigenvalue weighted by Gasteiger charge is -2.31. The predicted octanol–water partition coefficient (Wildman–Crippen LogP) is 3.73. The van der Waals surface area contributed by atoms with Crippen LogP contribution in [-0.2, 0) is 4.79 Å². The number of amides is 2. The van der Waals surface area contributed by atoms with E-state index in [9.17, 15) is 18.4 Å². The molecule has 6 nitrogen and oxygen atoms in total. The van der Waals surface area contributed by atoms with E-state index in [0.717, 1.165) is 12.1 Å². The Morgan fingerprint density at radius 1 is 1.20 bits per heavy atom. The summed E-state index contributed by atoms with van der Waals surface area (Å²) < 4.78 is 32.4. The van der Waals surface area contributed by atoms with Crippen LogP contribution in [0.5, 0.6) is 5.75 Å². The number of ether oxygens (including phenoxy) is 1. The normalized spacial score (nSPS) is 14.1. The molecule has 2 aromatic carbocycles. The van der Waals surface area contributed by atoms with Gasteiger partial charge in [0.2, 0.25) is 5.91 Å². The maximum Gasteiger partial charge on any atom is 0.256 e. The van der Waals surface area contributed by atoms with Gasteiger partial charge in [0.15, 0.2) is 0 Å². The van der Waals surface area contributed by atoms with E-state index in [4.69, 9.17) is 10.00 Å². The van der Waals surface area contributed by atoms with E-state index in [0.29, 0.717) is 42.5 Å². The van der Waals surface area contributed by atoms with Crippen LogP contribution in [0.3, 0.4) is 0 Å². The first-order valence-corrected chi connectivity index (χ1v) is 9.65. The zero-order valence-electron chi connectivity index (χ0n) is 16.5. The summed E-state index contributed by atoms with van der Waals surface area (Å²) >= 11 is 0. The number of rotatable bonds is 5. The maximum absolute atomic E-state index is 13.9. The van der Waals surface area contributed by atoms with E-state index in [2.05, 4.69) is 5.32 Å². The lowest BCUT2D eigenvalue weighted by Crippen LogP contribution is -2.41. The minimum absolute atomic E-state index is 0.186. The molecule has 1 heterocycles. The van der Waals surface area contributed by atoms with Crippen LogP contribution in [0.25, 0.3) is 0 Å². The average Bonchev–Trinajstić information content (AvgIpc) is 2.74. The van der Waals surface area contributed by atoms with E-state index in [1.165, 1.54) is 4.90 Å². The third-order valence-corrected chi connectivity index (χ3v) is 4.98. The molecule has 1 fully saturated rings. The van der Waals surface area contributed by atoms with Gasteiger partial charge in [-0.1, -0.05) is 0 Å². The summed E-state index contributed by atoms with van der Waals surface area (Å²) in [5, 5.41) is 11.9. The van der Waals surface area contributed by atoms with Gasteiger partial charge >= 0.3 is 0 Å². The molecule has 0 saturated carbocycles. The molecule has 1 saturated heterocycles. The average molecular weight is 413 g/mol. The third-order valence-electron chi connectivity index (χ3n) is 4.98. The van der Waals surface area contributed by atoms with Crippen LogP contribution >= 0.6 is 0 Å². The van der Waals surface area contributed by atoms with Crippen LogP contribution in [0, 0.1) is 28.9 Å². The van der Waals surface area contributed by atoms with E-state index < -0.39 is 17.5 Å². The second kappa shape index (κ2) is 9.35. The second-order valence-corrected chi connectivity index (χ2v) is 6.94. The predicted molar refractivity (Wildman–Crippen MR) is 106 cm³/mol. The lowest BCUT2D eigenvalue weighted by molar-refractivity contribution is -0.121. The molecule has 30 heavy (non-hydrogen) atoms. The summed E-state index contributed by atoms with van der Waals surface area (Å²) in [5.41, 5.74) is 0.636. The van der Waals surface area contributed by atoms with Gasteiger partial charge in [-0.2, -0.15) is 5.26 Å². The van der Waals surface area contributed by atoms with Crippen LogP contribution < -0.4 is 10.1 Å². The van der Waals surface area contributed by atoms with Gasteiger partial charge in [0.25, 0.3) is 5.91 Å². The molecule has 0 aromatic heterocycles. The first-order chi connectivity index (χ1) is 14.4. The fourth-order valence-electron chi connectivity index (χ4n) is 3.39. The minimum atomic E-state index is -0.902. The number of hydrogen-bond acceptors (Lipinski definition) is 4. The van der Waals surface area contributed by atoms with E-state index >= 15 is 0 Å².